The van der Waals surface area contributed by atoms with Gasteiger partial charge in [-0.2, -0.15) is 0 Å². The van der Waals surface area contributed by atoms with Crippen molar-refractivity contribution in [2.24, 2.45) is 0 Å². The number of aryl methyl sites for hydroxylation is 1. The lowest BCUT2D eigenvalue weighted by molar-refractivity contribution is 0.198. The maximum absolute atomic E-state index is 12.5. The van der Waals surface area contributed by atoms with Crippen molar-refractivity contribution >= 4 is 27.7 Å². The van der Waals surface area contributed by atoms with Crippen molar-refractivity contribution in [1.29, 1.82) is 0 Å². The number of hydrogen-bond acceptors (Lipinski definition) is 3. The number of nitrogens with zero attached hydrogens (tertiary/aromatic N) is 1. The van der Waals surface area contributed by atoms with Crippen LogP contribution in [-0.4, -0.2) is 42.3 Å². The van der Waals surface area contributed by atoms with Gasteiger partial charge >= 0.3 is 0 Å². The number of ether oxygens (including phenoxy) is 1. The molecular formula is C32H34FN3O. The molecule has 190 valence electrons. The Hall–Kier alpha value is -3.57. The van der Waals surface area contributed by atoms with Crippen molar-refractivity contribution in [1.82, 2.24) is 9.88 Å². The van der Waals surface area contributed by atoms with E-state index in [1.807, 2.05) is 12.3 Å². The average molecular weight is 496 g/mol. The van der Waals surface area contributed by atoms with Crippen LogP contribution < -0.4 is 10.5 Å². The summed E-state index contributed by atoms with van der Waals surface area (Å²) < 4.78 is 18.9. The molecule has 1 atom stereocenters. The van der Waals surface area contributed by atoms with Gasteiger partial charge in [-0.05, 0) is 113 Å². The zero-order valence-corrected chi connectivity index (χ0v) is 21.2. The second-order valence-corrected chi connectivity index (χ2v) is 10.3. The molecule has 4 aromatic rings. The molecule has 0 saturated carbocycles. The molecule has 1 aliphatic carbocycles. The number of halogens is 1. The molecule has 1 saturated heterocycles. The second-order valence-electron chi connectivity index (χ2n) is 10.3. The Kier molecular flexibility index (Phi) is 6.71. The lowest BCUT2D eigenvalue weighted by Gasteiger charge is -2.19. The van der Waals surface area contributed by atoms with Gasteiger partial charge in [-0.3, -0.25) is 9.29 Å². The van der Waals surface area contributed by atoms with Crippen LogP contribution in [0, 0.1) is 0 Å². The smallest absolute Gasteiger partial charge is 0.119 e. The molecule has 1 fully saturated rings. The Morgan fingerprint density at radius 3 is 2.70 bits per heavy atom. The van der Waals surface area contributed by atoms with E-state index in [4.69, 9.17) is 10.5 Å². The number of anilines is 1. The number of likely N-dealkylation sites (tertiary alicyclic amines) is 1. The third-order valence-electron chi connectivity index (χ3n) is 7.76. The predicted molar refractivity (Wildman–Crippen MR) is 151 cm³/mol. The number of aromatic amines is 1. The molecule has 3 N–H and O–H groups in total. The Balaban J connectivity index is 1.35. The summed E-state index contributed by atoms with van der Waals surface area (Å²) in [6.45, 7) is 2.40. The van der Waals surface area contributed by atoms with Crippen LogP contribution in [0.25, 0.3) is 22.0 Å². The summed E-state index contributed by atoms with van der Waals surface area (Å²) in [5.74, 6) is 0.892. The van der Waals surface area contributed by atoms with E-state index in [2.05, 4.69) is 70.5 Å². The molecule has 4 nitrogen and oxygen atoms in total. The van der Waals surface area contributed by atoms with Gasteiger partial charge in [0, 0.05) is 37.0 Å². The lowest BCUT2D eigenvalue weighted by atomic mass is 9.87. The topological polar surface area (TPSA) is 54.3 Å². The molecule has 1 unspecified atom stereocenters. The standard InChI is InChI=1S/C32H34FN3O/c33-15-2-17-36-18-14-28(21-36)37-27-9-5-22(6-10-27)32-29(24-7-12-31-25(19-24)13-16-35-31)4-1-3-23-20-26(34)8-11-30(23)32/h5-13,16,19-20,28,35H,1-4,14-15,17-18,21,34H2. The van der Waals surface area contributed by atoms with Crippen molar-refractivity contribution in [2.75, 3.05) is 32.0 Å². The highest BCUT2D eigenvalue weighted by molar-refractivity contribution is 6.01. The molecule has 0 radical (unpaired) electrons. The fraction of sp³-hybridized carbons (Fsp3) is 0.312. The molecule has 0 spiro atoms. The number of benzene rings is 3. The summed E-state index contributed by atoms with van der Waals surface area (Å²) in [5, 5.41) is 1.23. The van der Waals surface area contributed by atoms with E-state index in [0.717, 1.165) is 62.3 Å². The number of nitrogens with two attached hydrogens (primary N) is 1. The summed E-state index contributed by atoms with van der Waals surface area (Å²) in [4.78, 5) is 5.61. The highest BCUT2D eigenvalue weighted by atomic mass is 19.1. The van der Waals surface area contributed by atoms with Gasteiger partial charge < -0.3 is 15.5 Å². The fourth-order valence-electron chi connectivity index (χ4n) is 5.94. The van der Waals surface area contributed by atoms with Crippen molar-refractivity contribution < 1.29 is 9.13 Å². The van der Waals surface area contributed by atoms with Gasteiger partial charge in [-0.25, -0.2) is 0 Å². The normalized spacial score (nSPS) is 18.2. The maximum Gasteiger partial charge on any atom is 0.119 e. The van der Waals surface area contributed by atoms with Crippen LogP contribution in [0.4, 0.5) is 10.1 Å². The van der Waals surface area contributed by atoms with Crippen LogP contribution in [0.15, 0.2) is 72.9 Å². The first-order valence-corrected chi connectivity index (χ1v) is 13.4. The molecule has 0 bridgehead atoms. The SMILES string of the molecule is Nc1ccc2c(c1)CCCC(c1ccc3[nH]ccc3c1)=C2c1ccc(OC2CCN(CCCF)C2)cc1. The lowest BCUT2D eigenvalue weighted by Crippen LogP contribution is -2.26. The van der Waals surface area contributed by atoms with E-state index < -0.39 is 0 Å². The van der Waals surface area contributed by atoms with E-state index in [1.165, 1.54) is 38.8 Å². The zero-order chi connectivity index (χ0) is 25.2. The third-order valence-corrected chi connectivity index (χ3v) is 7.76. The molecule has 1 aromatic heterocycles. The summed E-state index contributed by atoms with van der Waals surface area (Å²) in [5.41, 5.74) is 15.9. The summed E-state index contributed by atoms with van der Waals surface area (Å²) in [6.07, 6.45) is 6.86. The Labute approximate surface area is 217 Å². The fourth-order valence-corrected chi connectivity index (χ4v) is 5.94. The minimum atomic E-state index is -0.254. The van der Waals surface area contributed by atoms with Crippen molar-refractivity contribution in [3.8, 4) is 5.75 Å². The summed E-state index contributed by atoms with van der Waals surface area (Å²) in [6, 6.07) is 23.8. The second kappa shape index (κ2) is 10.4. The van der Waals surface area contributed by atoms with Gasteiger partial charge in [0.1, 0.15) is 11.9 Å². The minimum absolute atomic E-state index is 0.162. The molecule has 2 heterocycles. The van der Waals surface area contributed by atoms with Crippen molar-refractivity contribution in [3.05, 3.63) is 95.2 Å². The molecule has 5 heteroatoms. The monoisotopic (exact) mass is 495 g/mol. The number of nitrogen functional groups attached to an aromatic ring is 1. The van der Waals surface area contributed by atoms with Crippen LogP contribution in [0.5, 0.6) is 5.75 Å². The quantitative estimate of drug-likeness (QED) is 0.276. The van der Waals surface area contributed by atoms with Crippen LogP contribution >= 0.6 is 0 Å². The highest BCUT2D eigenvalue weighted by Gasteiger charge is 2.24. The first-order valence-electron chi connectivity index (χ1n) is 13.4. The molecule has 2 aliphatic rings. The first-order chi connectivity index (χ1) is 18.2. The Morgan fingerprint density at radius 2 is 1.84 bits per heavy atom. The van der Waals surface area contributed by atoms with Crippen LogP contribution in [0.3, 0.4) is 0 Å². The number of nitrogens with one attached hydrogen (secondary N) is 1. The van der Waals surface area contributed by atoms with Crippen molar-refractivity contribution in [2.45, 2.75) is 38.2 Å². The molecule has 1 aliphatic heterocycles. The number of H-pyrrole nitrogens is 1. The number of allylic oxidation sites excluding steroid dienone is 1. The minimum Gasteiger partial charge on any atom is -0.489 e. The van der Waals surface area contributed by atoms with E-state index in [1.54, 1.807) is 0 Å². The van der Waals surface area contributed by atoms with Crippen LogP contribution in [0.1, 0.15) is 47.9 Å². The van der Waals surface area contributed by atoms with E-state index in [-0.39, 0.29) is 12.8 Å². The Morgan fingerprint density at radius 1 is 0.973 bits per heavy atom. The van der Waals surface area contributed by atoms with Crippen LogP contribution in [0.2, 0.25) is 0 Å². The van der Waals surface area contributed by atoms with Gasteiger partial charge in [-0.15, -0.1) is 0 Å². The molecule has 37 heavy (non-hydrogen) atoms. The first kappa shape index (κ1) is 23.8. The third kappa shape index (κ3) is 5.01. The number of aromatic nitrogens is 1. The molecular weight excluding hydrogens is 461 g/mol. The zero-order valence-electron chi connectivity index (χ0n) is 21.2. The highest BCUT2D eigenvalue weighted by Crippen LogP contribution is 2.41. The van der Waals surface area contributed by atoms with Gasteiger partial charge in [0.2, 0.25) is 0 Å². The van der Waals surface area contributed by atoms with Gasteiger partial charge in [0.25, 0.3) is 0 Å². The van der Waals surface area contributed by atoms with Gasteiger partial charge in [0.05, 0.1) is 6.67 Å². The van der Waals surface area contributed by atoms with Crippen LogP contribution in [-0.2, 0) is 6.42 Å². The summed E-state index contributed by atoms with van der Waals surface area (Å²) >= 11 is 0. The molecule has 0 amide bonds. The number of rotatable bonds is 7. The number of fused-ring (bicyclic) bond motifs is 2. The summed E-state index contributed by atoms with van der Waals surface area (Å²) in [7, 11) is 0. The molecule has 3 aromatic carbocycles. The number of alkyl halides is 1. The van der Waals surface area contributed by atoms with E-state index in [0.29, 0.717) is 6.42 Å². The largest absolute Gasteiger partial charge is 0.489 e. The van der Waals surface area contributed by atoms with Crippen molar-refractivity contribution in [3.63, 3.8) is 0 Å². The number of hydrogen-bond donors (Lipinski definition) is 2. The maximum atomic E-state index is 12.5. The Bertz CT molecular complexity index is 1420. The van der Waals surface area contributed by atoms with E-state index >= 15 is 0 Å². The predicted octanol–water partition coefficient (Wildman–Crippen LogP) is 6.86. The average Bonchev–Trinajstić information content (AvgIpc) is 3.53. The van der Waals surface area contributed by atoms with E-state index in [9.17, 15) is 4.39 Å². The van der Waals surface area contributed by atoms with Gasteiger partial charge in [-0.1, -0.05) is 24.3 Å². The van der Waals surface area contributed by atoms with Gasteiger partial charge in [0.15, 0.2) is 0 Å². The molecule has 6 rings (SSSR count).